The highest BCUT2D eigenvalue weighted by atomic mass is 16.5. The highest BCUT2D eigenvalue weighted by Crippen LogP contribution is 2.42. The number of allylic oxidation sites excluding steroid dienone is 1. The van der Waals surface area contributed by atoms with Gasteiger partial charge in [0.05, 0.1) is 18.6 Å². The van der Waals surface area contributed by atoms with Gasteiger partial charge in [-0.05, 0) is 32.1 Å². The molecule has 6 nitrogen and oxygen atoms in total. The molecule has 1 N–H and O–H groups in total. The van der Waals surface area contributed by atoms with Gasteiger partial charge in [-0.25, -0.2) is 4.98 Å². The Hall–Kier alpha value is -1.66. The lowest BCUT2D eigenvalue weighted by Gasteiger charge is -2.37. The van der Waals surface area contributed by atoms with Gasteiger partial charge in [0.1, 0.15) is 5.82 Å². The number of hydrogen-bond donors (Lipinski definition) is 1. The second-order valence-electron chi connectivity index (χ2n) is 8.06. The Balaban J connectivity index is 1.39. The van der Waals surface area contributed by atoms with Crippen molar-refractivity contribution in [3.8, 4) is 0 Å². The molecule has 1 aromatic heterocycles. The summed E-state index contributed by atoms with van der Waals surface area (Å²) in [6, 6.07) is 0. The molecule has 3 heterocycles. The number of imidazole rings is 1. The van der Waals surface area contributed by atoms with Gasteiger partial charge in [0, 0.05) is 51.6 Å². The summed E-state index contributed by atoms with van der Waals surface area (Å²) in [6.45, 7) is 4.65. The zero-order chi connectivity index (χ0) is 18.0. The number of nitrogens with zero attached hydrogens (tertiary/aromatic N) is 3. The number of rotatable bonds is 6. The van der Waals surface area contributed by atoms with Gasteiger partial charge in [-0.3, -0.25) is 9.69 Å². The van der Waals surface area contributed by atoms with Crippen LogP contribution in [0.25, 0.3) is 0 Å². The molecule has 2 atom stereocenters. The first-order valence-electron chi connectivity index (χ1n) is 9.90. The number of hydrogen-bond acceptors (Lipinski definition) is 4. The van der Waals surface area contributed by atoms with Crippen molar-refractivity contribution in [1.29, 1.82) is 0 Å². The molecule has 4 rings (SSSR count). The Bertz CT molecular complexity index is 683. The highest BCUT2D eigenvalue weighted by molar-refractivity contribution is 5.84. The Morgan fingerprint density at radius 1 is 1.50 bits per heavy atom. The first-order valence-corrected chi connectivity index (χ1v) is 9.90. The number of aryl methyl sites for hydroxylation is 1. The molecule has 2 aliphatic heterocycles. The molecule has 2 fully saturated rings. The lowest BCUT2D eigenvalue weighted by molar-refractivity contribution is -0.139. The predicted molar refractivity (Wildman–Crippen MR) is 99.4 cm³/mol. The fraction of sp³-hybridized carbons (Fsp3) is 0.700. The predicted octanol–water partition coefficient (Wildman–Crippen LogP) is 1.88. The maximum atomic E-state index is 13.2. The van der Waals surface area contributed by atoms with Crippen LogP contribution in [0.4, 0.5) is 0 Å². The monoisotopic (exact) mass is 358 g/mol. The van der Waals surface area contributed by atoms with E-state index in [2.05, 4.69) is 25.8 Å². The van der Waals surface area contributed by atoms with Crippen LogP contribution in [-0.2, 0) is 23.1 Å². The smallest absolute Gasteiger partial charge is 0.228 e. The maximum absolute atomic E-state index is 13.2. The second kappa shape index (κ2) is 7.53. The van der Waals surface area contributed by atoms with Crippen molar-refractivity contribution >= 4 is 5.91 Å². The minimum atomic E-state index is -0.298. The molecule has 142 valence electrons. The quantitative estimate of drug-likeness (QED) is 0.789. The minimum absolute atomic E-state index is 0.228. The number of aromatic nitrogens is 2. The van der Waals surface area contributed by atoms with E-state index >= 15 is 0 Å². The summed E-state index contributed by atoms with van der Waals surface area (Å²) < 4.78 is 7.77. The Kier molecular flexibility index (Phi) is 5.14. The van der Waals surface area contributed by atoms with Gasteiger partial charge >= 0.3 is 0 Å². The fourth-order valence-electron chi connectivity index (χ4n) is 4.77. The molecule has 0 radical (unpaired) electrons. The van der Waals surface area contributed by atoms with E-state index in [9.17, 15) is 4.79 Å². The number of ether oxygens (including phenoxy) is 1. The molecule has 2 saturated heterocycles. The van der Waals surface area contributed by atoms with E-state index in [0.29, 0.717) is 13.2 Å². The van der Waals surface area contributed by atoms with Gasteiger partial charge in [0.15, 0.2) is 0 Å². The van der Waals surface area contributed by atoms with Gasteiger partial charge in [0.2, 0.25) is 5.91 Å². The number of nitrogens with one attached hydrogen (secondary N) is 1. The van der Waals surface area contributed by atoms with Crippen LogP contribution in [0.3, 0.4) is 0 Å². The average Bonchev–Trinajstić information content (AvgIpc) is 3.36. The normalized spacial score (nSPS) is 28.8. The molecule has 1 aliphatic carbocycles. The zero-order valence-corrected chi connectivity index (χ0v) is 15.7. The standard InChI is InChI=1S/C20H30N4O2/c1-23-10-9-21-18(23)13-24-12-17-14-26-11-7-20(17,15-24)19(25)22-8-6-16-4-2-3-5-16/h4,9-10,17H,2-3,5-8,11-15H2,1H3,(H,22,25). The van der Waals surface area contributed by atoms with Crippen LogP contribution in [0.5, 0.6) is 0 Å². The van der Waals surface area contributed by atoms with Crippen LogP contribution in [0.2, 0.25) is 0 Å². The van der Waals surface area contributed by atoms with Crippen LogP contribution < -0.4 is 5.32 Å². The van der Waals surface area contributed by atoms with Crippen LogP contribution in [0.15, 0.2) is 24.0 Å². The zero-order valence-electron chi connectivity index (χ0n) is 15.7. The maximum Gasteiger partial charge on any atom is 0.228 e. The van der Waals surface area contributed by atoms with E-state index < -0.39 is 0 Å². The summed E-state index contributed by atoms with van der Waals surface area (Å²) in [5, 5.41) is 3.25. The van der Waals surface area contributed by atoms with Gasteiger partial charge in [-0.2, -0.15) is 0 Å². The molecule has 1 amide bonds. The Labute approximate surface area is 155 Å². The summed E-state index contributed by atoms with van der Waals surface area (Å²) in [6.07, 6.45) is 11.6. The largest absolute Gasteiger partial charge is 0.381 e. The highest BCUT2D eigenvalue weighted by Gasteiger charge is 2.53. The summed E-state index contributed by atoms with van der Waals surface area (Å²) in [5.41, 5.74) is 1.21. The van der Waals surface area contributed by atoms with Gasteiger partial charge in [0.25, 0.3) is 0 Å². The molecule has 0 aromatic carbocycles. The van der Waals surface area contributed by atoms with Crippen molar-refractivity contribution in [2.24, 2.45) is 18.4 Å². The fourth-order valence-corrected chi connectivity index (χ4v) is 4.77. The van der Waals surface area contributed by atoms with Crippen molar-refractivity contribution in [1.82, 2.24) is 19.8 Å². The molecular formula is C20H30N4O2. The molecule has 2 unspecified atom stereocenters. The topological polar surface area (TPSA) is 59.4 Å². The second-order valence-corrected chi connectivity index (χ2v) is 8.06. The van der Waals surface area contributed by atoms with Crippen molar-refractivity contribution < 1.29 is 9.53 Å². The first kappa shape index (κ1) is 17.7. The van der Waals surface area contributed by atoms with Crippen molar-refractivity contribution in [2.75, 3.05) is 32.8 Å². The lowest BCUT2D eigenvalue weighted by Crippen LogP contribution is -2.50. The minimum Gasteiger partial charge on any atom is -0.381 e. The van der Waals surface area contributed by atoms with Crippen LogP contribution in [-0.4, -0.2) is 53.2 Å². The Morgan fingerprint density at radius 3 is 3.19 bits per heavy atom. The summed E-state index contributed by atoms with van der Waals surface area (Å²) >= 11 is 0. The van der Waals surface area contributed by atoms with E-state index in [4.69, 9.17) is 4.74 Å². The third-order valence-electron chi connectivity index (χ3n) is 6.38. The van der Waals surface area contributed by atoms with Crippen LogP contribution in [0, 0.1) is 11.3 Å². The molecule has 0 bridgehead atoms. The number of amides is 1. The number of carbonyl (C=O) groups is 1. The average molecular weight is 358 g/mol. The summed E-state index contributed by atoms with van der Waals surface area (Å²) in [7, 11) is 2.02. The summed E-state index contributed by atoms with van der Waals surface area (Å²) in [5.74, 6) is 1.56. The molecule has 3 aliphatic rings. The van der Waals surface area contributed by atoms with Crippen molar-refractivity contribution in [3.63, 3.8) is 0 Å². The number of carbonyl (C=O) groups excluding carboxylic acids is 1. The summed E-state index contributed by atoms with van der Waals surface area (Å²) in [4.78, 5) is 20.0. The third kappa shape index (κ3) is 3.45. The molecule has 0 spiro atoms. The lowest BCUT2D eigenvalue weighted by atomic mass is 9.73. The van der Waals surface area contributed by atoms with E-state index in [1.807, 2.05) is 19.4 Å². The Morgan fingerprint density at radius 2 is 2.42 bits per heavy atom. The SMILES string of the molecule is Cn1ccnc1CN1CC2COCCC2(C(=O)NCCC2=CCCC2)C1. The molecular weight excluding hydrogens is 328 g/mol. The molecule has 6 heteroatoms. The van der Waals surface area contributed by atoms with Crippen LogP contribution >= 0.6 is 0 Å². The molecule has 0 saturated carbocycles. The van der Waals surface area contributed by atoms with Crippen molar-refractivity contribution in [3.05, 3.63) is 29.9 Å². The van der Waals surface area contributed by atoms with Gasteiger partial charge in [-0.15, -0.1) is 0 Å². The van der Waals surface area contributed by atoms with Gasteiger partial charge < -0.3 is 14.6 Å². The number of fused-ring (bicyclic) bond motifs is 1. The van der Waals surface area contributed by atoms with Crippen molar-refractivity contribution in [2.45, 2.75) is 38.6 Å². The van der Waals surface area contributed by atoms with Crippen LogP contribution in [0.1, 0.15) is 37.9 Å². The van der Waals surface area contributed by atoms with Gasteiger partial charge in [-0.1, -0.05) is 11.6 Å². The first-order chi connectivity index (χ1) is 12.7. The van der Waals surface area contributed by atoms with E-state index in [0.717, 1.165) is 44.8 Å². The van der Waals surface area contributed by atoms with E-state index in [1.165, 1.54) is 24.8 Å². The van der Waals surface area contributed by atoms with E-state index in [-0.39, 0.29) is 17.2 Å². The third-order valence-corrected chi connectivity index (χ3v) is 6.38. The molecule has 26 heavy (non-hydrogen) atoms. The molecule has 1 aromatic rings. The van der Waals surface area contributed by atoms with E-state index in [1.54, 1.807) is 0 Å². The number of likely N-dealkylation sites (tertiary alicyclic amines) is 1.